The first-order valence-corrected chi connectivity index (χ1v) is 17.5. The molecule has 0 spiro atoms. The molecule has 2 aliphatic heterocycles. The smallest absolute Gasteiger partial charge is 0.383 e. The maximum atomic E-state index is 14.2. The zero-order valence-corrected chi connectivity index (χ0v) is 28.8. The predicted octanol–water partition coefficient (Wildman–Crippen LogP) is 6.11. The molecule has 272 valence electrons. The van der Waals surface area contributed by atoms with Crippen LogP contribution in [0.15, 0.2) is 48.7 Å². The van der Waals surface area contributed by atoms with Crippen molar-refractivity contribution in [2.75, 3.05) is 61.7 Å². The van der Waals surface area contributed by atoms with Crippen LogP contribution in [0, 0.1) is 12.7 Å². The van der Waals surface area contributed by atoms with Crippen molar-refractivity contribution in [1.82, 2.24) is 9.88 Å². The van der Waals surface area contributed by atoms with E-state index in [4.69, 9.17) is 4.74 Å². The number of piperazine rings is 1. The molecule has 0 N–H and O–H groups in total. The Balaban J connectivity index is 1.60. The molecule has 1 aromatic heterocycles. The monoisotopic (exact) mass is 730 g/mol. The lowest BCUT2D eigenvalue weighted by atomic mass is 9.81. The van der Waals surface area contributed by atoms with Crippen molar-refractivity contribution in [3.05, 3.63) is 76.7 Å². The number of ether oxygens (including phenoxy) is 1. The number of carbonyl (C=O) groups is 1. The molecule has 8 nitrogen and oxygen atoms in total. The van der Waals surface area contributed by atoms with E-state index in [1.165, 1.54) is 45.3 Å². The van der Waals surface area contributed by atoms with Gasteiger partial charge in [-0.3, -0.25) is 9.69 Å². The Labute approximate surface area is 285 Å². The van der Waals surface area contributed by atoms with Gasteiger partial charge in [0.05, 0.1) is 52.6 Å². The summed E-state index contributed by atoms with van der Waals surface area (Å²) in [5.74, 6) is -0.932. The third-order valence-corrected chi connectivity index (χ3v) is 11.2. The average molecular weight is 731 g/mol. The number of fused-ring (bicyclic) bond motifs is 1. The van der Waals surface area contributed by atoms with Crippen molar-refractivity contribution < 1.29 is 48.7 Å². The highest BCUT2D eigenvalue weighted by molar-refractivity contribution is 7.91. The number of rotatable bonds is 7. The number of anilines is 2. The highest BCUT2D eigenvalue weighted by Crippen LogP contribution is 2.42. The lowest BCUT2D eigenvalue weighted by molar-refractivity contribution is -0.143. The number of sulfone groups is 1. The van der Waals surface area contributed by atoms with E-state index >= 15 is 0 Å². The van der Waals surface area contributed by atoms with Gasteiger partial charge in [0.2, 0.25) is 5.91 Å². The summed E-state index contributed by atoms with van der Waals surface area (Å²) in [5.41, 5.74) is -3.97. The quantitative estimate of drug-likeness (QED) is 0.272. The van der Waals surface area contributed by atoms with Gasteiger partial charge in [-0.15, -0.1) is 0 Å². The number of carbonyl (C=O) groups excluding carboxylic acids is 1. The second-order valence-electron chi connectivity index (χ2n) is 13.3. The van der Waals surface area contributed by atoms with Crippen molar-refractivity contribution in [2.24, 2.45) is 0 Å². The highest BCUT2D eigenvalue weighted by atomic mass is 32.2. The van der Waals surface area contributed by atoms with Gasteiger partial charge >= 0.3 is 12.4 Å². The number of likely N-dealkylation sites (N-methyl/N-ethyl adjacent to an activating group) is 1. The van der Waals surface area contributed by atoms with E-state index in [0.717, 1.165) is 4.90 Å². The fourth-order valence-electron chi connectivity index (χ4n) is 6.66. The molecule has 0 bridgehead atoms. The molecule has 3 heterocycles. The standard InChI is InChI=1S/C34H37F7N4O4S/c1-20-10-24(35)6-7-27(20)28-14-30(45-17-26-19-50(47,48)9-8-44(26)16-25(45)18-49-5)42-15-29(28)43(4)31(46)32(2,3)21-11-22(33(36,37)38)13-23(12-21)34(39,40)41/h6-7,10-15,25-26H,8-9,16-19H2,1-5H3/t25-,26+/m1/s1. The van der Waals surface area contributed by atoms with E-state index in [1.807, 2.05) is 4.90 Å². The molecule has 2 fully saturated rings. The molecule has 1 amide bonds. The summed E-state index contributed by atoms with van der Waals surface area (Å²) in [6.45, 7) is 5.57. The maximum Gasteiger partial charge on any atom is 0.416 e. The van der Waals surface area contributed by atoms with Crippen LogP contribution < -0.4 is 9.80 Å². The highest BCUT2D eigenvalue weighted by Gasteiger charge is 2.43. The molecular weight excluding hydrogens is 693 g/mol. The van der Waals surface area contributed by atoms with Gasteiger partial charge in [0.1, 0.15) is 11.6 Å². The van der Waals surface area contributed by atoms with Gasteiger partial charge < -0.3 is 14.5 Å². The van der Waals surface area contributed by atoms with E-state index in [-0.39, 0.29) is 42.0 Å². The molecule has 0 radical (unpaired) electrons. The van der Waals surface area contributed by atoms with Crippen LogP contribution in [0.2, 0.25) is 0 Å². The molecule has 0 aliphatic carbocycles. The van der Waals surface area contributed by atoms with Crippen molar-refractivity contribution in [1.29, 1.82) is 0 Å². The summed E-state index contributed by atoms with van der Waals surface area (Å²) >= 11 is 0. The largest absolute Gasteiger partial charge is 0.416 e. The predicted molar refractivity (Wildman–Crippen MR) is 174 cm³/mol. The van der Waals surface area contributed by atoms with Crippen LogP contribution in [-0.2, 0) is 37.1 Å². The van der Waals surface area contributed by atoms with Gasteiger partial charge in [0.25, 0.3) is 0 Å². The van der Waals surface area contributed by atoms with E-state index in [9.17, 15) is 43.9 Å². The lowest BCUT2D eigenvalue weighted by Crippen LogP contribution is -2.64. The van der Waals surface area contributed by atoms with Gasteiger partial charge in [-0.05, 0) is 73.9 Å². The van der Waals surface area contributed by atoms with Crippen LogP contribution in [0.5, 0.6) is 0 Å². The van der Waals surface area contributed by atoms with E-state index in [0.29, 0.717) is 54.3 Å². The van der Waals surface area contributed by atoms with E-state index in [2.05, 4.69) is 9.88 Å². The number of amides is 1. The minimum absolute atomic E-state index is 0.00519. The number of hydrogen-bond acceptors (Lipinski definition) is 7. The van der Waals surface area contributed by atoms with Crippen molar-refractivity contribution in [3.63, 3.8) is 0 Å². The minimum atomic E-state index is -5.11. The van der Waals surface area contributed by atoms with Crippen LogP contribution in [0.25, 0.3) is 11.1 Å². The number of hydrogen-bond donors (Lipinski definition) is 0. The summed E-state index contributed by atoms with van der Waals surface area (Å²) in [4.78, 5) is 23.9. The van der Waals surface area contributed by atoms with Gasteiger partial charge in [0.15, 0.2) is 9.84 Å². The van der Waals surface area contributed by atoms with Crippen LogP contribution in [-0.4, -0.2) is 88.2 Å². The molecule has 2 aromatic carbocycles. The number of halogens is 7. The van der Waals surface area contributed by atoms with Crippen molar-refractivity contribution in [2.45, 2.75) is 50.6 Å². The maximum absolute atomic E-state index is 14.2. The van der Waals surface area contributed by atoms with Gasteiger partial charge in [-0.25, -0.2) is 17.8 Å². The van der Waals surface area contributed by atoms with Gasteiger partial charge in [0, 0.05) is 45.4 Å². The number of methoxy groups -OCH3 is 1. The first kappa shape index (κ1) is 37.5. The fourth-order valence-corrected chi connectivity index (χ4v) is 8.25. The third-order valence-electron chi connectivity index (χ3n) is 9.46. The van der Waals surface area contributed by atoms with E-state index in [1.54, 1.807) is 20.1 Å². The number of pyridine rings is 1. The summed E-state index contributed by atoms with van der Waals surface area (Å²) in [6.07, 6.45) is -8.85. The number of benzene rings is 2. The molecule has 2 saturated heterocycles. The van der Waals surface area contributed by atoms with E-state index < -0.39 is 56.0 Å². The Morgan fingerprint density at radius 2 is 1.58 bits per heavy atom. The van der Waals surface area contributed by atoms with Crippen LogP contribution in [0.1, 0.15) is 36.1 Å². The van der Waals surface area contributed by atoms with Crippen LogP contribution in [0.3, 0.4) is 0 Å². The molecular formula is C34H37F7N4O4S. The zero-order valence-electron chi connectivity index (χ0n) is 28.0. The number of aromatic nitrogens is 1. The first-order chi connectivity index (χ1) is 23.1. The number of aryl methyl sites for hydroxylation is 1. The molecule has 0 saturated carbocycles. The number of alkyl halides is 6. The SMILES string of the molecule is COC[C@H]1CN2CCS(=O)(=O)C[C@@H]2CN1c1cc(-c2ccc(F)cc2C)c(N(C)C(=O)C(C)(C)c2cc(C(F)(F)F)cc(C(F)(F)F)c2)cn1. The van der Waals surface area contributed by atoms with Gasteiger partial charge in [-0.1, -0.05) is 6.07 Å². The minimum Gasteiger partial charge on any atom is -0.383 e. The molecule has 16 heteroatoms. The molecule has 2 atom stereocenters. The summed E-state index contributed by atoms with van der Waals surface area (Å²) in [5, 5.41) is 0. The lowest BCUT2D eigenvalue weighted by Gasteiger charge is -2.48. The van der Waals surface area contributed by atoms with Gasteiger partial charge in [-0.2, -0.15) is 26.3 Å². The third kappa shape index (κ3) is 7.61. The summed E-state index contributed by atoms with van der Waals surface area (Å²) < 4.78 is 127. The fraction of sp³-hybridized carbons (Fsp3) is 0.471. The Morgan fingerprint density at radius 1 is 0.960 bits per heavy atom. The molecule has 0 unspecified atom stereocenters. The summed E-state index contributed by atoms with van der Waals surface area (Å²) in [7, 11) is -0.385. The molecule has 5 rings (SSSR count). The first-order valence-electron chi connectivity index (χ1n) is 15.7. The molecule has 2 aliphatic rings. The zero-order chi connectivity index (χ0) is 37.0. The molecule has 50 heavy (non-hydrogen) atoms. The van der Waals surface area contributed by atoms with Crippen molar-refractivity contribution >= 4 is 27.2 Å². The van der Waals surface area contributed by atoms with Crippen LogP contribution >= 0.6 is 0 Å². The normalized spacial score (nSPS) is 20.0. The second-order valence-corrected chi connectivity index (χ2v) is 15.6. The Bertz CT molecular complexity index is 1850. The Kier molecular flexibility index (Phi) is 10.1. The number of nitrogens with zero attached hydrogens (tertiary/aromatic N) is 4. The Morgan fingerprint density at radius 3 is 2.16 bits per heavy atom. The topological polar surface area (TPSA) is 83.0 Å². The van der Waals surface area contributed by atoms with Crippen LogP contribution in [0.4, 0.5) is 42.2 Å². The van der Waals surface area contributed by atoms with Crippen molar-refractivity contribution in [3.8, 4) is 11.1 Å². The second kappa shape index (κ2) is 13.4. The Hall–Kier alpha value is -3.76. The summed E-state index contributed by atoms with van der Waals surface area (Å²) in [6, 6.07) is 6.18. The molecule has 3 aromatic rings. The average Bonchev–Trinajstić information content (AvgIpc) is 3.02.